The van der Waals surface area contributed by atoms with Crippen LogP contribution in [-0.4, -0.2) is 39.1 Å². The lowest BCUT2D eigenvalue weighted by molar-refractivity contribution is 0.0615. The number of nitrogens with zero attached hydrogens (tertiary/aromatic N) is 3. The summed E-state index contributed by atoms with van der Waals surface area (Å²) in [7, 11) is 0. The average Bonchev–Trinajstić information content (AvgIpc) is 3.10. The van der Waals surface area contributed by atoms with Crippen molar-refractivity contribution >= 4 is 5.91 Å². The van der Waals surface area contributed by atoms with E-state index in [-0.39, 0.29) is 5.91 Å². The van der Waals surface area contributed by atoms with E-state index in [1.807, 2.05) is 4.90 Å². The number of rotatable bonds is 2. The Morgan fingerprint density at radius 2 is 2.06 bits per heavy atom. The minimum atomic E-state index is -0.0168. The normalized spacial score (nSPS) is 28.4. The summed E-state index contributed by atoms with van der Waals surface area (Å²) in [6, 6.07) is 0. The Balaban J connectivity index is 1.69. The summed E-state index contributed by atoms with van der Waals surface area (Å²) in [4.78, 5) is 18.5. The summed E-state index contributed by atoms with van der Waals surface area (Å²) < 4.78 is 0. The van der Waals surface area contributed by atoms with Gasteiger partial charge in [0.15, 0.2) is 0 Å². The Labute approximate surface area is 107 Å². The molecule has 0 spiro atoms. The first-order chi connectivity index (χ1) is 8.65. The highest BCUT2D eigenvalue weighted by Gasteiger charge is 2.31. The molecular formula is C13H20N4O. The maximum Gasteiger partial charge on any atom is 0.293 e. The molecule has 3 rings (SSSR count). The van der Waals surface area contributed by atoms with Gasteiger partial charge in [0, 0.05) is 19.0 Å². The van der Waals surface area contributed by atoms with Crippen LogP contribution in [0.2, 0.25) is 0 Å². The van der Waals surface area contributed by atoms with Gasteiger partial charge < -0.3 is 4.90 Å². The van der Waals surface area contributed by atoms with Gasteiger partial charge >= 0.3 is 0 Å². The molecule has 1 aromatic heterocycles. The maximum atomic E-state index is 12.3. The number of hydrogen-bond acceptors (Lipinski definition) is 3. The fourth-order valence-electron chi connectivity index (χ4n) is 2.50. The van der Waals surface area contributed by atoms with Crippen LogP contribution in [0.3, 0.4) is 0 Å². The van der Waals surface area contributed by atoms with Gasteiger partial charge in [-0.1, -0.05) is 13.8 Å². The molecule has 1 aromatic rings. The molecule has 0 radical (unpaired) electrons. The average molecular weight is 248 g/mol. The van der Waals surface area contributed by atoms with Crippen molar-refractivity contribution in [3.05, 3.63) is 11.6 Å². The molecule has 0 aromatic carbocycles. The van der Waals surface area contributed by atoms with Crippen LogP contribution in [0.25, 0.3) is 0 Å². The largest absolute Gasteiger partial charge is 0.336 e. The van der Waals surface area contributed by atoms with Crippen LogP contribution in [0.15, 0.2) is 0 Å². The maximum absolute atomic E-state index is 12.3. The second kappa shape index (κ2) is 4.37. The van der Waals surface area contributed by atoms with Crippen molar-refractivity contribution in [1.82, 2.24) is 20.1 Å². The van der Waals surface area contributed by atoms with Gasteiger partial charge in [-0.2, -0.15) is 0 Å². The molecule has 1 aliphatic carbocycles. The van der Waals surface area contributed by atoms with E-state index in [1.165, 1.54) is 12.8 Å². The summed E-state index contributed by atoms with van der Waals surface area (Å²) in [6.45, 7) is 6.12. The zero-order valence-corrected chi connectivity index (χ0v) is 11.0. The predicted molar refractivity (Wildman–Crippen MR) is 67.2 cm³/mol. The second-order valence-corrected chi connectivity index (χ2v) is 5.81. The first-order valence-corrected chi connectivity index (χ1v) is 6.86. The summed E-state index contributed by atoms with van der Waals surface area (Å²) >= 11 is 0. The molecule has 5 nitrogen and oxygen atoms in total. The standard InChI is InChI=1S/C13H20N4O/c1-8-5-6-17(7-9(8)2)13(18)12-14-11(15-16-12)10-3-4-10/h8-10H,3-7H2,1-2H3,(H,14,15,16). The predicted octanol–water partition coefficient (Wildman–Crippen LogP) is 1.80. The molecule has 5 heteroatoms. The molecule has 98 valence electrons. The molecule has 2 aliphatic rings. The first kappa shape index (κ1) is 11.7. The Kier molecular flexibility index (Phi) is 2.84. The zero-order valence-electron chi connectivity index (χ0n) is 11.0. The smallest absolute Gasteiger partial charge is 0.293 e. The third kappa shape index (κ3) is 2.13. The van der Waals surface area contributed by atoms with Crippen LogP contribution in [0.5, 0.6) is 0 Å². The van der Waals surface area contributed by atoms with E-state index >= 15 is 0 Å². The third-order valence-corrected chi connectivity index (χ3v) is 4.28. The first-order valence-electron chi connectivity index (χ1n) is 6.86. The number of aromatic amines is 1. The lowest BCUT2D eigenvalue weighted by atomic mass is 9.89. The van der Waals surface area contributed by atoms with E-state index in [0.29, 0.717) is 23.6 Å². The van der Waals surface area contributed by atoms with E-state index in [0.717, 1.165) is 25.3 Å². The zero-order chi connectivity index (χ0) is 12.7. The highest BCUT2D eigenvalue weighted by molar-refractivity contribution is 5.90. The van der Waals surface area contributed by atoms with Crippen LogP contribution in [0, 0.1) is 11.8 Å². The van der Waals surface area contributed by atoms with E-state index in [1.54, 1.807) is 0 Å². The van der Waals surface area contributed by atoms with Gasteiger partial charge in [0.1, 0.15) is 5.82 Å². The topological polar surface area (TPSA) is 61.9 Å². The molecule has 18 heavy (non-hydrogen) atoms. The van der Waals surface area contributed by atoms with Gasteiger partial charge in [0.2, 0.25) is 5.82 Å². The van der Waals surface area contributed by atoms with E-state index in [2.05, 4.69) is 29.0 Å². The molecule has 1 saturated heterocycles. The van der Waals surface area contributed by atoms with Crippen molar-refractivity contribution in [3.63, 3.8) is 0 Å². The van der Waals surface area contributed by atoms with Crippen molar-refractivity contribution in [2.75, 3.05) is 13.1 Å². The van der Waals surface area contributed by atoms with Crippen LogP contribution >= 0.6 is 0 Å². The molecule has 1 N–H and O–H groups in total. The number of aromatic nitrogens is 3. The van der Waals surface area contributed by atoms with Crippen LogP contribution in [0.4, 0.5) is 0 Å². The molecule has 0 bridgehead atoms. The number of carbonyl (C=O) groups excluding carboxylic acids is 1. The van der Waals surface area contributed by atoms with Crippen molar-refractivity contribution in [2.24, 2.45) is 11.8 Å². The fraction of sp³-hybridized carbons (Fsp3) is 0.769. The second-order valence-electron chi connectivity index (χ2n) is 5.81. The van der Waals surface area contributed by atoms with Crippen molar-refractivity contribution in [3.8, 4) is 0 Å². The van der Waals surface area contributed by atoms with Gasteiger partial charge in [-0.25, -0.2) is 4.98 Å². The fourth-order valence-corrected chi connectivity index (χ4v) is 2.50. The highest BCUT2D eigenvalue weighted by atomic mass is 16.2. The molecule has 2 atom stereocenters. The SMILES string of the molecule is CC1CCN(C(=O)c2n[nH]c(C3CC3)n2)CC1C. The van der Waals surface area contributed by atoms with E-state index < -0.39 is 0 Å². The Morgan fingerprint density at radius 1 is 1.28 bits per heavy atom. The summed E-state index contributed by atoms with van der Waals surface area (Å²) in [5.41, 5.74) is 0. The van der Waals surface area contributed by atoms with Gasteiger partial charge in [-0.3, -0.25) is 9.89 Å². The van der Waals surface area contributed by atoms with Gasteiger partial charge in [0.25, 0.3) is 5.91 Å². The Hall–Kier alpha value is -1.39. The number of piperidine rings is 1. The number of nitrogens with one attached hydrogen (secondary N) is 1. The molecular weight excluding hydrogens is 228 g/mol. The quantitative estimate of drug-likeness (QED) is 0.868. The lowest BCUT2D eigenvalue weighted by Crippen LogP contribution is -2.42. The number of H-pyrrole nitrogens is 1. The Morgan fingerprint density at radius 3 is 2.72 bits per heavy atom. The highest BCUT2D eigenvalue weighted by Crippen LogP contribution is 2.37. The molecule has 2 heterocycles. The molecule has 1 amide bonds. The van der Waals surface area contributed by atoms with E-state index in [4.69, 9.17) is 0 Å². The van der Waals surface area contributed by atoms with Crippen LogP contribution in [-0.2, 0) is 0 Å². The molecule has 2 unspecified atom stereocenters. The van der Waals surface area contributed by atoms with Crippen molar-refractivity contribution in [1.29, 1.82) is 0 Å². The molecule has 1 saturated carbocycles. The minimum Gasteiger partial charge on any atom is -0.336 e. The third-order valence-electron chi connectivity index (χ3n) is 4.28. The summed E-state index contributed by atoms with van der Waals surface area (Å²) in [5, 5.41) is 6.97. The summed E-state index contributed by atoms with van der Waals surface area (Å²) in [5.74, 6) is 2.99. The number of amides is 1. The molecule has 2 fully saturated rings. The molecule has 1 aliphatic heterocycles. The lowest BCUT2D eigenvalue weighted by Gasteiger charge is -2.34. The van der Waals surface area contributed by atoms with Gasteiger partial charge in [-0.15, -0.1) is 5.10 Å². The van der Waals surface area contributed by atoms with Gasteiger partial charge in [-0.05, 0) is 31.1 Å². The monoisotopic (exact) mass is 248 g/mol. The Bertz CT molecular complexity index is 452. The van der Waals surface area contributed by atoms with Crippen molar-refractivity contribution in [2.45, 2.75) is 39.0 Å². The van der Waals surface area contributed by atoms with Gasteiger partial charge in [0.05, 0.1) is 0 Å². The number of likely N-dealkylation sites (tertiary alicyclic amines) is 1. The number of carbonyl (C=O) groups is 1. The summed E-state index contributed by atoms with van der Waals surface area (Å²) in [6.07, 6.45) is 3.41. The van der Waals surface area contributed by atoms with Crippen molar-refractivity contribution < 1.29 is 4.79 Å². The van der Waals surface area contributed by atoms with E-state index in [9.17, 15) is 4.79 Å². The van der Waals surface area contributed by atoms with Crippen LogP contribution < -0.4 is 0 Å². The van der Waals surface area contributed by atoms with Crippen LogP contribution in [0.1, 0.15) is 55.5 Å². The minimum absolute atomic E-state index is 0.0168. The number of hydrogen-bond donors (Lipinski definition) is 1.